The summed E-state index contributed by atoms with van der Waals surface area (Å²) in [6, 6.07) is 6.61. The van der Waals surface area contributed by atoms with Gasteiger partial charge in [-0.1, -0.05) is 84.1 Å². The summed E-state index contributed by atoms with van der Waals surface area (Å²) in [6.45, 7) is 5.25. The van der Waals surface area contributed by atoms with Gasteiger partial charge in [0.25, 0.3) is 0 Å². The van der Waals surface area contributed by atoms with Gasteiger partial charge in [-0.2, -0.15) is 0 Å². The fourth-order valence-electron chi connectivity index (χ4n) is 3.03. The van der Waals surface area contributed by atoms with Gasteiger partial charge >= 0.3 is 11.9 Å². The number of unbranched alkanes of at least 4 members (excludes halogenated alkanes) is 10. The van der Waals surface area contributed by atoms with E-state index in [1.807, 2.05) is 0 Å². The predicted molar refractivity (Wildman–Crippen MR) is 114 cm³/mol. The van der Waals surface area contributed by atoms with Crippen molar-refractivity contribution >= 4 is 11.9 Å². The lowest BCUT2D eigenvalue weighted by atomic mass is 10.1. The third-order valence-corrected chi connectivity index (χ3v) is 4.80. The topological polar surface area (TPSA) is 52.6 Å². The van der Waals surface area contributed by atoms with Crippen LogP contribution in [0.25, 0.3) is 0 Å². The first-order valence-corrected chi connectivity index (χ1v) is 11.1. The van der Waals surface area contributed by atoms with Gasteiger partial charge in [0, 0.05) is 0 Å². The molecule has 28 heavy (non-hydrogen) atoms. The van der Waals surface area contributed by atoms with Crippen LogP contribution >= 0.6 is 0 Å². The Bertz CT molecular complexity index is 508. The molecule has 0 radical (unpaired) electrons. The molecule has 0 unspecified atom stereocenters. The first kappa shape index (κ1) is 24.2. The highest BCUT2D eigenvalue weighted by Crippen LogP contribution is 2.11. The van der Waals surface area contributed by atoms with E-state index >= 15 is 0 Å². The van der Waals surface area contributed by atoms with Crippen molar-refractivity contribution in [2.24, 2.45) is 0 Å². The average molecular weight is 391 g/mol. The maximum absolute atomic E-state index is 12.2. The van der Waals surface area contributed by atoms with Crippen molar-refractivity contribution in [2.75, 3.05) is 13.2 Å². The summed E-state index contributed by atoms with van der Waals surface area (Å²) in [5.74, 6) is -0.752. The van der Waals surface area contributed by atoms with Crippen LogP contribution in [0.2, 0.25) is 0 Å². The molecule has 0 aliphatic carbocycles. The van der Waals surface area contributed by atoms with Crippen LogP contribution in [0.1, 0.15) is 112 Å². The third-order valence-electron chi connectivity index (χ3n) is 4.80. The molecule has 4 nitrogen and oxygen atoms in total. The zero-order chi connectivity index (χ0) is 20.5. The van der Waals surface area contributed by atoms with Gasteiger partial charge in [-0.15, -0.1) is 0 Å². The summed E-state index contributed by atoms with van der Waals surface area (Å²) in [5.41, 5.74) is 0.806. The van der Waals surface area contributed by atoms with Crippen molar-refractivity contribution in [2.45, 2.75) is 90.9 Å². The SMILES string of the molecule is CCCCCCCCOC(=O)c1cccc(C(=O)OCCCCCCCC)c1. The number of hydrogen-bond acceptors (Lipinski definition) is 4. The second-order valence-corrected chi connectivity index (χ2v) is 7.39. The van der Waals surface area contributed by atoms with Crippen LogP contribution in [0.4, 0.5) is 0 Å². The molecule has 0 spiro atoms. The van der Waals surface area contributed by atoms with Gasteiger partial charge in [-0.3, -0.25) is 0 Å². The molecule has 4 heteroatoms. The van der Waals surface area contributed by atoms with E-state index in [0.29, 0.717) is 24.3 Å². The van der Waals surface area contributed by atoms with Gasteiger partial charge in [-0.25, -0.2) is 9.59 Å². The van der Waals surface area contributed by atoms with Crippen LogP contribution in [-0.2, 0) is 9.47 Å². The Kier molecular flexibility index (Phi) is 14.0. The predicted octanol–water partition coefficient (Wildman–Crippen LogP) is 6.72. The Morgan fingerprint density at radius 2 is 1.04 bits per heavy atom. The molecule has 0 heterocycles. The van der Waals surface area contributed by atoms with Crippen LogP contribution in [-0.4, -0.2) is 25.2 Å². The minimum Gasteiger partial charge on any atom is -0.462 e. The largest absolute Gasteiger partial charge is 0.462 e. The van der Waals surface area contributed by atoms with Crippen molar-refractivity contribution in [3.8, 4) is 0 Å². The Balaban J connectivity index is 2.27. The van der Waals surface area contributed by atoms with Crippen molar-refractivity contribution < 1.29 is 19.1 Å². The summed E-state index contributed by atoms with van der Waals surface area (Å²) in [7, 11) is 0. The smallest absolute Gasteiger partial charge is 0.338 e. The van der Waals surface area contributed by atoms with E-state index in [1.165, 1.54) is 51.4 Å². The standard InChI is InChI=1S/C24H38O4/c1-3-5-7-9-11-13-18-27-23(25)21-16-15-17-22(20-21)24(26)28-19-14-12-10-8-6-4-2/h15-17,20H,3-14,18-19H2,1-2H3. The second kappa shape index (κ2) is 16.1. The van der Waals surface area contributed by atoms with Crippen molar-refractivity contribution in [1.82, 2.24) is 0 Å². The van der Waals surface area contributed by atoms with E-state index in [0.717, 1.165) is 25.7 Å². The van der Waals surface area contributed by atoms with Crippen molar-refractivity contribution in [3.63, 3.8) is 0 Å². The van der Waals surface area contributed by atoms with E-state index in [1.54, 1.807) is 24.3 Å². The number of carbonyl (C=O) groups excluding carboxylic acids is 2. The van der Waals surface area contributed by atoms with Gasteiger partial charge in [0.05, 0.1) is 24.3 Å². The first-order chi connectivity index (χ1) is 13.7. The normalized spacial score (nSPS) is 10.6. The summed E-state index contributed by atoms with van der Waals surface area (Å²) < 4.78 is 10.6. The lowest BCUT2D eigenvalue weighted by molar-refractivity contribution is 0.0496. The lowest BCUT2D eigenvalue weighted by Crippen LogP contribution is -2.10. The first-order valence-electron chi connectivity index (χ1n) is 11.1. The molecular weight excluding hydrogens is 352 g/mol. The van der Waals surface area contributed by atoms with E-state index < -0.39 is 0 Å². The Hall–Kier alpha value is -1.84. The maximum Gasteiger partial charge on any atom is 0.338 e. The van der Waals surface area contributed by atoms with Crippen molar-refractivity contribution in [3.05, 3.63) is 35.4 Å². The molecule has 0 N–H and O–H groups in total. The number of carbonyl (C=O) groups is 2. The molecule has 1 aromatic carbocycles. The number of esters is 2. The van der Waals surface area contributed by atoms with E-state index in [4.69, 9.17) is 9.47 Å². The highest BCUT2D eigenvalue weighted by Gasteiger charge is 2.12. The lowest BCUT2D eigenvalue weighted by Gasteiger charge is -2.07. The molecule has 0 aromatic heterocycles. The Morgan fingerprint density at radius 3 is 1.46 bits per heavy atom. The van der Waals surface area contributed by atoms with Crippen LogP contribution in [0.3, 0.4) is 0 Å². The molecule has 0 amide bonds. The zero-order valence-corrected chi connectivity index (χ0v) is 17.8. The van der Waals surface area contributed by atoms with Crippen LogP contribution < -0.4 is 0 Å². The number of rotatable bonds is 16. The molecule has 1 rings (SSSR count). The summed E-state index contributed by atoms with van der Waals surface area (Å²) in [4.78, 5) is 24.3. The van der Waals surface area contributed by atoms with Gasteiger partial charge < -0.3 is 9.47 Å². The van der Waals surface area contributed by atoms with Crippen LogP contribution in [0, 0.1) is 0 Å². The number of hydrogen-bond donors (Lipinski definition) is 0. The summed E-state index contributed by atoms with van der Waals surface area (Å²) in [6.07, 6.45) is 13.8. The molecule has 0 saturated carbocycles. The van der Waals surface area contributed by atoms with Gasteiger partial charge in [0.15, 0.2) is 0 Å². The van der Waals surface area contributed by atoms with Crippen LogP contribution in [0.5, 0.6) is 0 Å². The molecule has 0 fully saturated rings. The molecule has 158 valence electrons. The molecule has 0 atom stereocenters. The molecule has 0 saturated heterocycles. The van der Waals surface area contributed by atoms with Crippen LogP contribution in [0.15, 0.2) is 24.3 Å². The molecular formula is C24H38O4. The van der Waals surface area contributed by atoms with E-state index in [9.17, 15) is 9.59 Å². The van der Waals surface area contributed by atoms with Gasteiger partial charge in [0.1, 0.15) is 0 Å². The minimum atomic E-state index is -0.376. The van der Waals surface area contributed by atoms with Gasteiger partial charge in [0.2, 0.25) is 0 Å². The number of ether oxygens (including phenoxy) is 2. The third kappa shape index (κ3) is 11.1. The molecule has 0 bridgehead atoms. The highest BCUT2D eigenvalue weighted by molar-refractivity contribution is 5.95. The quantitative estimate of drug-likeness (QED) is 0.232. The molecule has 0 aliphatic rings. The summed E-state index contributed by atoms with van der Waals surface area (Å²) >= 11 is 0. The fourth-order valence-corrected chi connectivity index (χ4v) is 3.03. The van der Waals surface area contributed by atoms with Crippen molar-refractivity contribution in [1.29, 1.82) is 0 Å². The average Bonchev–Trinajstić information content (AvgIpc) is 2.72. The maximum atomic E-state index is 12.2. The monoisotopic (exact) mass is 390 g/mol. The highest BCUT2D eigenvalue weighted by atomic mass is 16.5. The van der Waals surface area contributed by atoms with E-state index in [-0.39, 0.29) is 11.9 Å². The molecule has 0 aliphatic heterocycles. The van der Waals surface area contributed by atoms with E-state index in [2.05, 4.69) is 13.8 Å². The second-order valence-electron chi connectivity index (χ2n) is 7.39. The number of benzene rings is 1. The Labute approximate surface area is 171 Å². The minimum absolute atomic E-state index is 0.376. The summed E-state index contributed by atoms with van der Waals surface area (Å²) in [5, 5.41) is 0. The molecule has 1 aromatic rings. The zero-order valence-electron chi connectivity index (χ0n) is 17.8. The van der Waals surface area contributed by atoms with Gasteiger partial charge in [-0.05, 0) is 31.0 Å². The Morgan fingerprint density at radius 1 is 0.643 bits per heavy atom. The fraction of sp³-hybridized carbons (Fsp3) is 0.667.